The molecule has 0 aromatic rings. The Morgan fingerprint density at radius 3 is 2.20 bits per heavy atom. The van der Waals surface area contributed by atoms with Crippen LogP contribution < -0.4 is 5.32 Å². The summed E-state index contributed by atoms with van der Waals surface area (Å²) in [6.07, 6.45) is 0.897. The van der Waals surface area contributed by atoms with Crippen molar-refractivity contribution in [2.45, 2.75) is 52.2 Å². The first-order chi connectivity index (χ1) is 6.66. The third kappa shape index (κ3) is 8.88. The zero-order valence-electron chi connectivity index (χ0n) is 10.3. The summed E-state index contributed by atoms with van der Waals surface area (Å²) >= 11 is 3.36. The Balaban J connectivity index is 3.93. The number of carbonyl (C=O) groups excluding carboxylic acids is 1. The first-order valence-corrected chi connectivity index (χ1v) is 6.29. The minimum atomic E-state index is -0.267. The van der Waals surface area contributed by atoms with Crippen molar-refractivity contribution in [3.05, 3.63) is 0 Å². The number of halogens is 1. The number of nitrogens with one attached hydrogen (secondary N) is 1. The van der Waals surface area contributed by atoms with E-state index in [1.807, 2.05) is 34.6 Å². The van der Waals surface area contributed by atoms with Gasteiger partial charge in [-0.05, 0) is 41.0 Å². The van der Waals surface area contributed by atoms with Crippen LogP contribution in [0.2, 0.25) is 0 Å². The first-order valence-electron chi connectivity index (χ1n) is 5.17. The van der Waals surface area contributed by atoms with Crippen LogP contribution in [0.5, 0.6) is 0 Å². The summed E-state index contributed by atoms with van der Waals surface area (Å²) < 4.78 is 5.39. The van der Waals surface area contributed by atoms with Gasteiger partial charge in [-0.2, -0.15) is 0 Å². The van der Waals surface area contributed by atoms with Gasteiger partial charge in [0.1, 0.15) is 6.61 Å². The molecule has 0 heterocycles. The van der Waals surface area contributed by atoms with Gasteiger partial charge in [0, 0.05) is 10.9 Å². The van der Waals surface area contributed by atoms with Gasteiger partial charge in [0.2, 0.25) is 5.91 Å². The Morgan fingerprint density at radius 2 is 1.80 bits per heavy atom. The van der Waals surface area contributed by atoms with Crippen LogP contribution in [-0.2, 0) is 9.53 Å². The normalized spacial score (nSPS) is 12.7. The Kier molecular flexibility index (Phi) is 5.81. The number of ether oxygens (including phenoxy) is 1. The van der Waals surface area contributed by atoms with Crippen molar-refractivity contribution < 1.29 is 9.53 Å². The molecule has 0 saturated carbocycles. The second kappa shape index (κ2) is 5.85. The summed E-state index contributed by atoms with van der Waals surface area (Å²) in [6.45, 7) is 9.93. The van der Waals surface area contributed by atoms with Crippen molar-refractivity contribution in [1.29, 1.82) is 0 Å². The van der Waals surface area contributed by atoms with Gasteiger partial charge < -0.3 is 10.1 Å². The molecule has 0 aromatic carbocycles. The highest BCUT2D eigenvalue weighted by Crippen LogP contribution is 2.10. The van der Waals surface area contributed by atoms with E-state index in [0.29, 0.717) is 0 Å². The van der Waals surface area contributed by atoms with Crippen LogP contribution in [0, 0.1) is 0 Å². The second-order valence-corrected chi connectivity index (χ2v) is 6.07. The summed E-state index contributed by atoms with van der Waals surface area (Å²) in [5.74, 6) is -0.0594. The van der Waals surface area contributed by atoms with Gasteiger partial charge in [-0.15, -0.1) is 0 Å². The number of rotatable bonds is 5. The Morgan fingerprint density at radius 1 is 1.27 bits per heavy atom. The monoisotopic (exact) mass is 279 g/mol. The quantitative estimate of drug-likeness (QED) is 0.786. The van der Waals surface area contributed by atoms with Crippen molar-refractivity contribution in [1.82, 2.24) is 5.32 Å². The Hall–Kier alpha value is -0.0900. The molecular formula is C11H22BrNO2. The SMILES string of the molecule is CC(C)(CCBr)NC(=O)COC(C)(C)C. The van der Waals surface area contributed by atoms with Crippen molar-refractivity contribution >= 4 is 21.8 Å². The van der Waals surface area contributed by atoms with E-state index >= 15 is 0 Å². The van der Waals surface area contributed by atoms with Gasteiger partial charge >= 0.3 is 0 Å². The highest BCUT2D eigenvalue weighted by atomic mass is 79.9. The summed E-state index contributed by atoms with van der Waals surface area (Å²) in [7, 11) is 0. The van der Waals surface area contributed by atoms with Crippen LogP contribution in [0.1, 0.15) is 41.0 Å². The molecule has 0 radical (unpaired) electrons. The van der Waals surface area contributed by atoms with Crippen LogP contribution in [0.3, 0.4) is 0 Å². The molecule has 0 aromatic heterocycles. The van der Waals surface area contributed by atoms with Gasteiger partial charge in [-0.3, -0.25) is 4.79 Å². The molecule has 0 aliphatic carbocycles. The minimum Gasteiger partial charge on any atom is -0.366 e. The molecule has 4 heteroatoms. The fourth-order valence-corrected chi connectivity index (χ4v) is 1.99. The number of hydrogen-bond donors (Lipinski definition) is 1. The highest BCUT2D eigenvalue weighted by Gasteiger charge is 2.20. The van der Waals surface area contributed by atoms with E-state index in [4.69, 9.17) is 4.74 Å². The molecule has 15 heavy (non-hydrogen) atoms. The molecule has 0 spiro atoms. The molecule has 0 saturated heterocycles. The number of alkyl halides is 1. The Labute approximate surface area is 101 Å². The van der Waals surface area contributed by atoms with Crippen molar-refractivity contribution in [2.24, 2.45) is 0 Å². The molecule has 0 aliphatic heterocycles. The fraction of sp³-hybridized carbons (Fsp3) is 0.909. The van der Waals surface area contributed by atoms with Gasteiger partial charge in [0.25, 0.3) is 0 Å². The molecule has 90 valence electrons. The highest BCUT2D eigenvalue weighted by molar-refractivity contribution is 9.09. The maximum atomic E-state index is 11.5. The molecular weight excluding hydrogens is 258 g/mol. The standard InChI is InChI=1S/C11H22BrNO2/c1-10(2,3)15-8-9(14)13-11(4,5)6-7-12/h6-8H2,1-5H3,(H,13,14). The predicted molar refractivity (Wildman–Crippen MR) is 66.3 cm³/mol. The lowest BCUT2D eigenvalue weighted by molar-refractivity contribution is -0.132. The van der Waals surface area contributed by atoms with Crippen molar-refractivity contribution in [3.63, 3.8) is 0 Å². The summed E-state index contributed by atoms with van der Waals surface area (Å²) in [5, 5.41) is 3.81. The molecule has 0 aliphatic rings. The van der Waals surface area contributed by atoms with Gasteiger partial charge in [0.15, 0.2) is 0 Å². The Bertz CT molecular complexity index is 209. The number of amides is 1. The smallest absolute Gasteiger partial charge is 0.246 e. The van der Waals surface area contributed by atoms with E-state index in [-0.39, 0.29) is 23.7 Å². The lowest BCUT2D eigenvalue weighted by Gasteiger charge is -2.26. The minimum absolute atomic E-state index is 0.0594. The fourth-order valence-electron chi connectivity index (χ4n) is 0.994. The predicted octanol–water partition coefficient (Wildman–Crippen LogP) is 2.48. The molecule has 1 amide bonds. The van der Waals surface area contributed by atoms with E-state index in [1.54, 1.807) is 0 Å². The summed E-state index contributed by atoms with van der Waals surface area (Å²) in [6, 6.07) is 0. The van der Waals surface area contributed by atoms with E-state index in [2.05, 4.69) is 21.2 Å². The third-order valence-corrected chi connectivity index (χ3v) is 2.23. The molecule has 0 bridgehead atoms. The molecule has 1 N–H and O–H groups in total. The van der Waals surface area contributed by atoms with Gasteiger partial charge in [0.05, 0.1) is 5.60 Å². The molecule has 0 unspecified atom stereocenters. The molecule has 0 rings (SSSR count). The lowest BCUT2D eigenvalue weighted by atomic mass is 10.0. The van der Waals surface area contributed by atoms with E-state index in [0.717, 1.165) is 11.8 Å². The average molecular weight is 280 g/mol. The van der Waals surface area contributed by atoms with E-state index < -0.39 is 0 Å². The molecule has 3 nitrogen and oxygen atoms in total. The van der Waals surface area contributed by atoms with Crippen LogP contribution in [0.25, 0.3) is 0 Å². The van der Waals surface area contributed by atoms with Crippen LogP contribution in [-0.4, -0.2) is 29.0 Å². The van der Waals surface area contributed by atoms with Crippen molar-refractivity contribution in [2.75, 3.05) is 11.9 Å². The zero-order chi connectivity index (χ0) is 12.1. The molecule has 0 fully saturated rings. The van der Waals surface area contributed by atoms with Crippen LogP contribution >= 0.6 is 15.9 Å². The van der Waals surface area contributed by atoms with Gasteiger partial charge in [-0.1, -0.05) is 15.9 Å². The van der Waals surface area contributed by atoms with Crippen LogP contribution in [0.4, 0.5) is 0 Å². The van der Waals surface area contributed by atoms with Crippen molar-refractivity contribution in [3.8, 4) is 0 Å². The topological polar surface area (TPSA) is 38.3 Å². The first kappa shape index (κ1) is 14.9. The third-order valence-electron chi connectivity index (χ3n) is 1.83. The lowest BCUT2D eigenvalue weighted by Crippen LogP contribution is -2.46. The average Bonchev–Trinajstić information content (AvgIpc) is 1.98. The number of carbonyl (C=O) groups is 1. The largest absolute Gasteiger partial charge is 0.366 e. The van der Waals surface area contributed by atoms with Crippen LogP contribution in [0.15, 0.2) is 0 Å². The number of hydrogen-bond acceptors (Lipinski definition) is 2. The summed E-state index contributed by atoms with van der Waals surface area (Å²) in [4.78, 5) is 11.5. The maximum absolute atomic E-state index is 11.5. The molecule has 0 atom stereocenters. The second-order valence-electron chi connectivity index (χ2n) is 5.27. The van der Waals surface area contributed by atoms with E-state index in [1.165, 1.54) is 0 Å². The van der Waals surface area contributed by atoms with E-state index in [9.17, 15) is 4.79 Å². The summed E-state index contributed by atoms with van der Waals surface area (Å²) in [5.41, 5.74) is -0.446. The maximum Gasteiger partial charge on any atom is 0.246 e. The zero-order valence-corrected chi connectivity index (χ0v) is 11.9. The van der Waals surface area contributed by atoms with Gasteiger partial charge in [-0.25, -0.2) is 0 Å².